The molecular weight excluding hydrogens is 358 g/mol. The van der Waals surface area contributed by atoms with Crippen LogP contribution in [0.4, 0.5) is 5.69 Å². The van der Waals surface area contributed by atoms with Crippen molar-refractivity contribution in [3.05, 3.63) is 63.8 Å². The van der Waals surface area contributed by atoms with E-state index in [1.54, 1.807) is 25.6 Å². The van der Waals surface area contributed by atoms with Gasteiger partial charge < -0.3 is 14.8 Å². The Morgan fingerprint density at radius 1 is 1.07 bits per heavy atom. The number of aryl methyl sites for hydroxylation is 1. The van der Waals surface area contributed by atoms with E-state index in [-0.39, 0.29) is 11.8 Å². The van der Waals surface area contributed by atoms with Crippen molar-refractivity contribution < 1.29 is 14.3 Å². The first-order valence-electron chi connectivity index (χ1n) is 8.81. The number of benzene rings is 2. The molecular formula is C22H21NO3S. The normalized spacial score (nSPS) is 15.8. The molecule has 1 aromatic heterocycles. The lowest BCUT2D eigenvalue weighted by Crippen LogP contribution is -2.22. The van der Waals surface area contributed by atoms with Gasteiger partial charge in [0.25, 0.3) is 0 Å². The Kier molecular flexibility index (Phi) is 4.62. The standard InChI is InChI=1S/C22H21NO3S/c1-13-4-6-14(7-5-13)18-12-27-22-17(11-20(24)23-21(18)22)16-9-8-15(25-2)10-19(16)26-3/h4-10,12,17H,11H2,1-3H3,(H,23,24)/t17-/m0/s1. The van der Waals surface area contributed by atoms with Crippen LogP contribution in [0, 0.1) is 6.92 Å². The van der Waals surface area contributed by atoms with Gasteiger partial charge in [0.1, 0.15) is 11.5 Å². The van der Waals surface area contributed by atoms with Crippen LogP contribution in [0.2, 0.25) is 0 Å². The lowest BCUT2D eigenvalue weighted by atomic mass is 9.88. The minimum Gasteiger partial charge on any atom is -0.497 e. The second kappa shape index (κ2) is 7.08. The van der Waals surface area contributed by atoms with E-state index in [0.29, 0.717) is 6.42 Å². The highest BCUT2D eigenvalue weighted by atomic mass is 32.1. The number of hydrogen-bond acceptors (Lipinski definition) is 4. The fourth-order valence-corrected chi connectivity index (χ4v) is 4.68. The quantitative estimate of drug-likeness (QED) is 0.676. The molecule has 27 heavy (non-hydrogen) atoms. The van der Waals surface area contributed by atoms with Crippen LogP contribution in [0.1, 0.15) is 28.3 Å². The topological polar surface area (TPSA) is 47.6 Å². The van der Waals surface area contributed by atoms with Gasteiger partial charge in [0.15, 0.2) is 0 Å². The molecule has 0 fully saturated rings. The van der Waals surface area contributed by atoms with Crippen molar-refractivity contribution >= 4 is 22.9 Å². The average Bonchev–Trinajstić information content (AvgIpc) is 3.11. The van der Waals surface area contributed by atoms with Crippen molar-refractivity contribution in [2.75, 3.05) is 19.5 Å². The molecule has 3 aromatic rings. The van der Waals surface area contributed by atoms with Gasteiger partial charge in [-0.1, -0.05) is 35.9 Å². The minimum atomic E-state index is -0.0289. The number of amides is 1. The molecule has 1 amide bonds. The highest BCUT2D eigenvalue weighted by molar-refractivity contribution is 7.11. The van der Waals surface area contributed by atoms with Crippen molar-refractivity contribution in [3.63, 3.8) is 0 Å². The molecule has 2 aromatic carbocycles. The van der Waals surface area contributed by atoms with Crippen LogP contribution in [0.5, 0.6) is 11.5 Å². The minimum absolute atomic E-state index is 0.0251. The number of carbonyl (C=O) groups excluding carboxylic acids is 1. The first kappa shape index (κ1) is 17.6. The Bertz CT molecular complexity index is 991. The van der Waals surface area contributed by atoms with E-state index in [4.69, 9.17) is 9.47 Å². The van der Waals surface area contributed by atoms with E-state index in [1.165, 1.54) is 5.56 Å². The third kappa shape index (κ3) is 3.19. The molecule has 0 spiro atoms. The molecule has 4 nitrogen and oxygen atoms in total. The summed E-state index contributed by atoms with van der Waals surface area (Å²) in [5.41, 5.74) is 5.32. The number of anilines is 1. The van der Waals surface area contributed by atoms with Gasteiger partial charge in [-0.3, -0.25) is 4.79 Å². The summed E-state index contributed by atoms with van der Waals surface area (Å²) in [6.07, 6.45) is 0.406. The molecule has 1 aliphatic rings. The van der Waals surface area contributed by atoms with Gasteiger partial charge in [0, 0.05) is 39.8 Å². The van der Waals surface area contributed by atoms with Crippen molar-refractivity contribution in [1.29, 1.82) is 0 Å². The SMILES string of the molecule is COc1ccc([C@@H]2CC(=O)Nc3c(-c4ccc(C)cc4)csc32)c(OC)c1. The monoisotopic (exact) mass is 379 g/mol. The zero-order chi connectivity index (χ0) is 19.0. The number of rotatable bonds is 4. The van der Waals surface area contributed by atoms with Crippen LogP contribution < -0.4 is 14.8 Å². The molecule has 0 saturated carbocycles. The summed E-state index contributed by atoms with van der Waals surface area (Å²) in [6.45, 7) is 2.07. The van der Waals surface area contributed by atoms with Crippen LogP contribution in [-0.2, 0) is 4.79 Å². The largest absolute Gasteiger partial charge is 0.497 e. The van der Waals surface area contributed by atoms with Crippen LogP contribution >= 0.6 is 11.3 Å². The third-order valence-electron chi connectivity index (χ3n) is 4.97. The van der Waals surface area contributed by atoms with Crippen LogP contribution in [0.25, 0.3) is 11.1 Å². The first-order valence-corrected chi connectivity index (χ1v) is 9.69. The molecule has 138 valence electrons. The molecule has 0 unspecified atom stereocenters. The van der Waals surface area contributed by atoms with Gasteiger partial charge in [-0.2, -0.15) is 0 Å². The van der Waals surface area contributed by atoms with Gasteiger partial charge >= 0.3 is 0 Å². The Balaban J connectivity index is 1.81. The summed E-state index contributed by atoms with van der Waals surface area (Å²) < 4.78 is 10.9. The van der Waals surface area contributed by atoms with E-state index in [0.717, 1.165) is 38.8 Å². The number of methoxy groups -OCH3 is 2. The lowest BCUT2D eigenvalue weighted by Gasteiger charge is -2.25. The number of fused-ring (bicyclic) bond motifs is 1. The summed E-state index contributed by atoms with van der Waals surface area (Å²) in [7, 11) is 3.28. The highest BCUT2D eigenvalue weighted by Gasteiger charge is 2.32. The maximum absolute atomic E-state index is 12.5. The Morgan fingerprint density at radius 2 is 1.85 bits per heavy atom. The molecule has 0 saturated heterocycles. The predicted molar refractivity (Wildman–Crippen MR) is 109 cm³/mol. The predicted octanol–water partition coefficient (Wildman–Crippen LogP) is 5.21. The van der Waals surface area contributed by atoms with Gasteiger partial charge in [-0.15, -0.1) is 11.3 Å². The number of nitrogens with one attached hydrogen (secondary N) is 1. The Hall–Kier alpha value is -2.79. The van der Waals surface area contributed by atoms with Gasteiger partial charge in [0.05, 0.1) is 19.9 Å². The smallest absolute Gasteiger partial charge is 0.225 e. The lowest BCUT2D eigenvalue weighted by molar-refractivity contribution is -0.116. The van der Waals surface area contributed by atoms with E-state index in [1.807, 2.05) is 18.2 Å². The summed E-state index contributed by atoms with van der Waals surface area (Å²) in [5.74, 6) is 1.48. The molecule has 0 bridgehead atoms. The second-order valence-electron chi connectivity index (χ2n) is 6.67. The van der Waals surface area contributed by atoms with Gasteiger partial charge in [0.2, 0.25) is 5.91 Å². The van der Waals surface area contributed by atoms with Crippen molar-refractivity contribution in [3.8, 4) is 22.6 Å². The summed E-state index contributed by atoms with van der Waals surface area (Å²) in [5, 5.41) is 5.22. The first-order chi connectivity index (χ1) is 13.1. The molecule has 5 heteroatoms. The summed E-state index contributed by atoms with van der Waals surface area (Å²) in [6, 6.07) is 14.2. The molecule has 1 N–H and O–H groups in total. The number of ether oxygens (including phenoxy) is 2. The zero-order valence-corrected chi connectivity index (χ0v) is 16.4. The van der Waals surface area contributed by atoms with E-state index < -0.39 is 0 Å². The molecule has 1 atom stereocenters. The Labute approximate surface area is 162 Å². The van der Waals surface area contributed by atoms with E-state index in [9.17, 15) is 4.79 Å². The van der Waals surface area contributed by atoms with Crippen molar-refractivity contribution in [1.82, 2.24) is 0 Å². The maximum Gasteiger partial charge on any atom is 0.225 e. The highest BCUT2D eigenvalue weighted by Crippen LogP contribution is 2.48. The number of carbonyl (C=O) groups is 1. The number of thiophene rings is 1. The fourth-order valence-electron chi connectivity index (χ4n) is 3.53. The number of hydrogen-bond donors (Lipinski definition) is 1. The van der Waals surface area contributed by atoms with Crippen molar-refractivity contribution in [2.45, 2.75) is 19.3 Å². The molecule has 0 aliphatic carbocycles. The average molecular weight is 379 g/mol. The van der Waals surface area contributed by atoms with Crippen LogP contribution in [0.15, 0.2) is 47.8 Å². The summed E-state index contributed by atoms with van der Waals surface area (Å²) in [4.78, 5) is 13.7. The van der Waals surface area contributed by atoms with Gasteiger partial charge in [-0.25, -0.2) is 0 Å². The molecule has 1 aliphatic heterocycles. The van der Waals surface area contributed by atoms with Crippen LogP contribution in [0.3, 0.4) is 0 Å². The molecule has 2 heterocycles. The summed E-state index contributed by atoms with van der Waals surface area (Å²) >= 11 is 1.68. The van der Waals surface area contributed by atoms with Gasteiger partial charge in [-0.05, 0) is 18.6 Å². The zero-order valence-electron chi connectivity index (χ0n) is 15.5. The molecule has 0 radical (unpaired) electrons. The maximum atomic E-state index is 12.5. The van der Waals surface area contributed by atoms with Crippen molar-refractivity contribution in [2.24, 2.45) is 0 Å². The van der Waals surface area contributed by atoms with E-state index in [2.05, 4.69) is 41.9 Å². The fraction of sp³-hybridized carbons (Fsp3) is 0.227. The third-order valence-corrected chi connectivity index (χ3v) is 6.06. The second-order valence-corrected chi connectivity index (χ2v) is 7.58. The Morgan fingerprint density at radius 3 is 2.56 bits per heavy atom. The molecule has 4 rings (SSSR count). The van der Waals surface area contributed by atoms with Crippen LogP contribution in [-0.4, -0.2) is 20.1 Å². The van der Waals surface area contributed by atoms with E-state index >= 15 is 0 Å².